The topological polar surface area (TPSA) is 92.6 Å². The molecule has 0 spiro atoms. The first kappa shape index (κ1) is 30.0. The summed E-state index contributed by atoms with van der Waals surface area (Å²) in [5, 5.41) is 0. The van der Waals surface area contributed by atoms with Crippen molar-refractivity contribution in [1.82, 2.24) is 19.0 Å². The predicted octanol–water partition coefficient (Wildman–Crippen LogP) is 5.46. The lowest BCUT2D eigenvalue weighted by molar-refractivity contribution is -0.137. The Hall–Kier alpha value is -4.48. The number of fused-ring (bicyclic) bond motifs is 1. The number of alkyl halides is 3. The molecule has 0 bridgehead atoms. The summed E-state index contributed by atoms with van der Waals surface area (Å²) in [6.07, 6.45) is -3.48. The molecule has 12 heteroatoms. The lowest BCUT2D eigenvalue weighted by Gasteiger charge is -2.35. The van der Waals surface area contributed by atoms with Crippen LogP contribution in [0.4, 0.5) is 23.7 Å². The average molecular weight is 598 g/mol. The smallest absolute Gasteiger partial charge is 0.416 e. The van der Waals surface area contributed by atoms with Gasteiger partial charge in [-0.3, -0.25) is 13.9 Å². The fourth-order valence-electron chi connectivity index (χ4n) is 5.35. The Morgan fingerprint density at radius 1 is 0.907 bits per heavy atom. The second-order valence-corrected chi connectivity index (χ2v) is 10.6. The zero-order valence-corrected chi connectivity index (χ0v) is 24.1. The molecular formula is C31H34F3N5O4. The Kier molecular flexibility index (Phi) is 8.65. The highest BCUT2D eigenvalue weighted by Crippen LogP contribution is 2.32. The van der Waals surface area contributed by atoms with Crippen LogP contribution < -0.4 is 16.1 Å². The van der Waals surface area contributed by atoms with Crippen molar-refractivity contribution in [2.45, 2.75) is 52.6 Å². The summed E-state index contributed by atoms with van der Waals surface area (Å²) < 4.78 is 47.6. The standard InChI is InChI=1S/C31H34F3N5O4/c1-3-12-38-26-19-25(35-27(26)28(40)39(13-4-2)29(38)41)22-10-8-21(9-11-22)20-43-30(42)37-16-14-36(15-17-37)24-7-5-6-23(18-24)31(32,33)34/h5-11,18-19,35H,3-4,12-17,20H2,1-2H3. The summed E-state index contributed by atoms with van der Waals surface area (Å²) in [7, 11) is 0. The van der Waals surface area contributed by atoms with E-state index in [1.54, 1.807) is 15.5 Å². The van der Waals surface area contributed by atoms with Crippen LogP contribution in [0.1, 0.15) is 37.8 Å². The number of aromatic amines is 1. The van der Waals surface area contributed by atoms with Gasteiger partial charge in [-0.1, -0.05) is 44.2 Å². The maximum atomic E-state index is 13.1. The molecule has 9 nitrogen and oxygen atoms in total. The van der Waals surface area contributed by atoms with Crippen molar-refractivity contribution in [1.29, 1.82) is 0 Å². The molecule has 1 N–H and O–H groups in total. The number of carbonyl (C=O) groups excluding carboxylic acids is 1. The van der Waals surface area contributed by atoms with Crippen molar-refractivity contribution in [3.05, 3.63) is 86.6 Å². The van der Waals surface area contributed by atoms with Crippen LogP contribution >= 0.6 is 0 Å². The third kappa shape index (κ3) is 6.32. The second-order valence-electron chi connectivity index (χ2n) is 10.6. The third-order valence-electron chi connectivity index (χ3n) is 7.61. The molecule has 1 saturated heterocycles. The molecule has 228 valence electrons. The highest BCUT2D eigenvalue weighted by molar-refractivity contribution is 5.82. The number of H-pyrrole nitrogens is 1. The van der Waals surface area contributed by atoms with Crippen LogP contribution in [-0.2, 0) is 30.6 Å². The normalized spacial score (nSPS) is 14.0. The van der Waals surface area contributed by atoms with Gasteiger partial charge in [0.15, 0.2) is 0 Å². The Morgan fingerprint density at radius 2 is 1.58 bits per heavy atom. The summed E-state index contributed by atoms with van der Waals surface area (Å²) in [4.78, 5) is 45.2. The molecule has 0 saturated carbocycles. The first-order valence-electron chi connectivity index (χ1n) is 14.4. The molecule has 4 aromatic rings. The molecule has 5 rings (SSSR count). The molecule has 1 aliphatic rings. The number of rotatable bonds is 8. The van der Waals surface area contributed by atoms with Gasteiger partial charge in [0, 0.05) is 50.6 Å². The number of aromatic nitrogens is 3. The molecule has 2 aromatic carbocycles. The number of anilines is 1. The molecule has 3 heterocycles. The van der Waals surface area contributed by atoms with Crippen molar-refractivity contribution in [2.24, 2.45) is 0 Å². The number of nitrogens with one attached hydrogen (secondary N) is 1. The van der Waals surface area contributed by atoms with Crippen LogP contribution in [0.3, 0.4) is 0 Å². The van der Waals surface area contributed by atoms with Crippen molar-refractivity contribution in [2.75, 3.05) is 31.1 Å². The van der Waals surface area contributed by atoms with Crippen LogP contribution in [0.15, 0.2) is 64.2 Å². The number of carbonyl (C=O) groups is 1. The minimum atomic E-state index is -4.41. The van der Waals surface area contributed by atoms with Gasteiger partial charge in [0.2, 0.25) is 0 Å². The summed E-state index contributed by atoms with van der Waals surface area (Å²) in [6, 6.07) is 14.4. The van der Waals surface area contributed by atoms with Crippen molar-refractivity contribution < 1.29 is 22.7 Å². The predicted molar refractivity (Wildman–Crippen MR) is 158 cm³/mol. The lowest BCUT2D eigenvalue weighted by atomic mass is 10.1. The number of amides is 1. The largest absolute Gasteiger partial charge is 0.445 e. The van der Waals surface area contributed by atoms with Gasteiger partial charge in [0.1, 0.15) is 12.1 Å². The van der Waals surface area contributed by atoms with E-state index in [9.17, 15) is 27.6 Å². The Bertz CT molecular complexity index is 1710. The van der Waals surface area contributed by atoms with E-state index in [0.717, 1.165) is 29.7 Å². The number of benzene rings is 2. The molecule has 1 amide bonds. The van der Waals surface area contributed by atoms with Gasteiger partial charge in [0.05, 0.1) is 11.1 Å². The molecule has 0 atom stereocenters. The molecule has 0 radical (unpaired) electrons. The SMILES string of the molecule is CCCn1c(=O)c2[nH]c(-c3ccc(COC(=O)N4CCN(c5cccc(C(F)(F)F)c5)CC4)cc3)cc2n(CCC)c1=O. The summed E-state index contributed by atoms with van der Waals surface area (Å²) >= 11 is 0. The van der Waals surface area contributed by atoms with E-state index in [4.69, 9.17) is 4.74 Å². The van der Waals surface area contributed by atoms with Crippen LogP contribution in [0, 0.1) is 0 Å². The number of piperazine rings is 1. The van der Waals surface area contributed by atoms with Gasteiger partial charge in [-0.2, -0.15) is 13.2 Å². The minimum absolute atomic E-state index is 0.0530. The fourth-order valence-corrected chi connectivity index (χ4v) is 5.35. The highest BCUT2D eigenvalue weighted by Gasteiger charge is 2.31. The van der Waals surface area contributed by atoms with Gasteiger partial charge in [-0.25, -0.2) is 9.59 Å². The van der Waals surface area contributed by atoms with E-state index in [1.807, 2.05) is 49.1 Å². The molecule has 0 unspecified atom stereocenters. The number of hydrogen-bond donors (Lipinski definition) is 1. The van der Waals surface area contributed by atoms with Crippen LogP contribution in [-0.4, -0.2) is 51.3 Å². The molecule has 1 aliphatic heterocycles. The molecule has 2 aromatic heterocycles. The fraction of sp³-hybridized carbons (Fsp3) is 0.387. The number of halogens is 3. The molecule has 0 aliphatic carbocycles. The van der Waals surface area contributed by atoms with Gasteiger partial charge in [0.25, 0.3) is 5.56 Å². The first-order chi connectivity index (χ1) is 20.6. The maximum absolute atomic E-state index is 13.1. The Morgan fingerprint density at radius 3 is 2.23 bits per heavy atom. The number of aryl methyl sites for hydroxylation is 1. The van der Waals surface area contributed by atoms with Crippen molar-refractivity contribution in [3.8, 4) is 11.3 Å². The zero-order valence-electron chi connectivity index (χ0n) is 24.1. The quantitative estimate of drug-likeness (QED) is 0.292. The van der Waals surface area contributed by atoms with Gasteiger partial charge < -0.3 is 19.5 Å². The van der Waals surface area contributed by atoms with E-state index in [-0.39, 0.29) is 17.9 Å². The number of nitrogens with zero attached hydrogens (tertiary/aromatic N) is 4. The Labute approximate surface area is 246 Å². The van der Waals surface area contributed by atoms with Gasteiger partial charge in [-0.15, -0.1) is 0 Å². The van der Waals surface area contributed by atoms with Gasteiger partial charge in [-0.05, 0) is 48.2 Å². The third-order valence-corrected chi connectivity index (χ3v) is 7.61. The highest BCUT2D eigenvalue weighted by atomic mass is 19.4. The zero-order chi connectivity index (χ0) is 30.7. The van der Waals surface area contributed by atoms with E-state index in [0.29, 0.717) is 68.1 Å². The van der Waals surface area contributed by atoms with E-state index < -0.39 is 17.8 Å². The van der Waals surface area contributed by atoms with Crippen LogP contribution in [0.5, 0.6) is 0 Å². The lowest BCUT2D eigenvalue weighted by Crippen LogP contribution is -2.49. The van der Waals surface area contributed by atoms with E-state index in [1.165, 1.54) is 10.6 Å². The maximum Gasteiger partial charge on any atom is 0.416 e. The number of hydrogen-bond acceptors (Lipinski definition) is 5. The first-order valence-corrected chi connectivity index (χ1v) is 14.4. The molecular weight excluding hydrogens is 563 g/mol. The van der Waals surface area contributed by atoms with Crippen molar-refractivity contribution >= 4 is 22.8 Å². The van der Waals surface area contributed by atoms with E-state index >= 15 is 0 Å². The van der Waals surface area contributed by atoms with Crippen LogP contribution in [0.2, 0.25) is 0 Å². The minimum Gasteiger partial charge on any atom is -0.445 e. The molecule has 43 heavy (non-hydrogen) atoms. The van der Waals surface area contributed by atoms with Crippen molar-refractivity contribution in [3.63, 3.8) is 0 Å². The Balaban J connectivity index is 1.21. The molecule has 1 fully saturated rings. The monoisotopic (exact) mass is 597 g/mol. The van der Waals surface area contributed by atoms with Crippen LogP contribution in [0.25, 0.3) is 22.3 Å². The van der Waals surface area contributed by atoms with E-state index in [2.05, 4.69) is 4.98 Å². The average Bonchev–Trinajstić information content (AvgIpc) is 3.46. The van der Waals surface area contributed by atoms with Gasteiger partial charge >= 0.3 is 18.0 Å². The second kappa shape index (κ2) is 12.4. The summed E-state index contributed by atoms with van der Waals surface area (Å²) in [5.41, 5.74) is 2.38. The summed E-state index contributed by atoms with van der Waals surface area (Å²) in [5.74, 6) is 0. The number of ether oxygens (including phenoxy) is 1. The summed E-state index contributed by atoms with van der Waals surface area (Å²) in [6.45, 7) is 6.26.